The van der Waals surface area contributed by atoms with E-state index in [1.165, 1.54) is 11.3 Å². The van der Waals surface area contributed by atoms with E-state index in [4.69, 9.17) is 0 Å². The van der Waals surface area contributed by atoms with Gasteiger partial charge in [-0.15, -0.1) is 0 Å². The van der Waals surface area contributed by atoms with E-state index in [9.17, 15) is 4.79 Å². The fraction of sp³-hybridized carbons (Fsp3) is 0.467. The Bertz CT molecular complexity index is 536. The summed E-state index contributed by atoms with van der Waals surface area (Å²) in [6, 6.07) is 8.73. The van der Waals surface area contributed by atoms with Crippen molar-refractivity contribution in [3.8, 4) is 0 Å². The number of hydrogen-bond acceptors (Lipinski definition) is 2. The van der Waals surface area contributed by atoms with E-state index < -0.39 is 0 Å². The van der Waals surface area contributed by atoms with Gasteiger partial charge in [0.15, 0.2) is 5.96 Å². The summed E-state index contributed by atoms with van der Waals surface area (Å²) in [6.07, 6.45) is 3.24. The summed E-state index contributed by atoms with van der Waals surface area (Å²) < 4.78 is 0. The van der Waals surface area contributed by atoms with Crippen molar-refractivity contribution in [3.05, 3.63) is 29.8 Å². The molecule has 1 heterocycles. The molecule has 1 saturated carbocycles. The molecule has 1 amide bonds. The number of hydrogen-bond donors (Lipinski definition) is 2. The summed E-state index contributed by atoms with van der Waals surface area (Å²) in [7, 11) is 1.75. The molecule has 1 aliphatic carbocycles. The molecule has 1 aromatic carbocycles. The van der Waals surface area contributed by atoms with Gasteiger partial charge in [-0.1, -0.05) is 18.2 Å². The molecule has 1 aliphatic heterocycles. The van der Waals surface area contributed by atoms with Gasteiger partial charge in [-0.2, -0.15) is 0 Å². The van der Waals surface area contributed by atoms with Crippen LogP contribution in [0.1, 0.15) is 18.4 Å². The molecule has 0 radical (unpaired) electrons. The molecule has 1 fully saturated rings. The van der Waals surface area contributed by atoms with Gasteiger partial charge in [0, 0.05) is 25.3 Å². The minimum Gasteiger partial charge on any atom is -0.352 e. The summed E-state index contributed by atoms with van der Waals surface area (Å²) in [5.74, 6) is 0.807. The Morgan fingerprint density at radius 1 is 1.40 bits per heavy atom. The largest absolute Gasteiger partial charge is 0.352 e. The van der Waals surface area contributed by atoms with Gasteiger partial charge in [-0.05, 0) is 30.9 Å². The lowest BCUT2D eigenvalue weighted by molar-refractivity contribution is -0.120. The number of fused-ring (bicyclic) bond motifs is 1. The predicted molar refractivity (Wildman–Crippen MR) is 80.0 cm³/mol. The Balaban J connectivity index is 1.61. The molecule has 5 heteroatoms. The quantitative estimate of drug-likeness (QED) is 0.635. The summed E-state index contributed by atoms with van der Waals surface area (Å²) >= 11 is 0. The van der Waals surface area contributed by atoms with Gasteiger partial charge in [0.05, 0.1) is 6.54 Å². The molecule has 0 saturated heterocycles. The molecule has 0 aromatic heterocycles. The highest BCUT2D eigenvalue weighted by Crippen LogP contribution is 2.27. The number of benzene rings is 1. The number of guanidine groups is 1. The molecule has 1 aromatic rings. The topological polar surface area (TPSA) is 56.7 Å². The van der Waals surface area contributed by atoms with E-state index in [0.29, 0.717) is 6.04 Å². The van der Waals surface area contributed by atoms with Crippen LogP contribution in [0, 0.1) is 0 Å². The van der Waals surface area contributed by atoms with Crippen molar-refractivity contribution in [1.82, 2.24) is 10.6 Å². The molecule has 20 heavy (non-hydrogen) atoms. The fourth-order valence-corrected chi connectivity index (χ4v) is 2.52. The molecule has 0 atom stereocenters. The first kappa shape index (κ1) is 13.0. The Kier molecular flexibility index (Phi) is 3.58. The average Bonchev–Trinajstić information content (AvgIpc) is 3.17. The van der Waals surface area contributed by atoms with Crippen LogP contribution in [0.5, 0.6) is 0 Å². The van der Waals surface area contributed by atoms with Gasteiger partial charge in [0.25, 0.3) is 0 Å². The van der Waals surface area contributed by atoms with Crippen LogP contribution in [0.3, 0.4) is 0 Å². The highest BCUT2D eigenvalue weighted by atomic mass is 16.2. The third-order valence-corrected chi connectivity index (χ3v) is 3.70. The number of carbonyl (C=O) groups excluding carboxylic acids is 1. The first-order valence-corrected chi connectivity index (χ1v) is 7.13. The lowest BCUT2D eigenvalue weighted by Gasteiger charge is -2.22. The lowest BCUT2D eigenvalue weighted by Crippen LogP contribution is -2.45. The summed E-state index contributed by atoms with van der Waals surface area (Å²) in [6.45, 7) is 1.19. The maximum Gasteiger partial charge on any atom is 0.239 e. The fourth-order valence-electron chi connectivity index (χ4n) is 2.52. The summed E-state index contributed by atoms with van der Waals surface area (Å²) in [5.41, 5.74) is 2.51. The van der Waals surface area contributed by atoms with E-state index in [1.807, 2.05) is 6.07 Å². The van der Waals surface area contributed by atoms with E-state index in [2.05, 4.69) is 38.7 Å². The highest BCUT2D eigenvalue weighted by molar-refractivity contribution is 5.99. The molecule has 3 rings (SSSR count). The number of nitrogens with zero attached hydrogens (tertiary/aromatic N) is 2. The van der Waals surface area contributed by atoms with Crippen LogP contribution in [-0.2, 0) is 11.2 Å². The number of aliphatic imine (C=N–C) groups is 1. The first-order valence-electron chi connectivity index (χ1n) is 7.13. The smallest absolute Gasteiger partial charge is 0.239 e. The second-order valence-corrected chi connectivity index (χ2v) is 5.27. The number of nitrogens with one attached hydrogen (secondary N) is 2. The van der Waals surface area contributed by atoms with Crippen LogP contribution in [-0.4, -0.2) is 38.0 Å². The van der Waals surface area contributed by atoms with Gasteiger partial charge < -0.3 is 15.5 Å². The zero-order chi connectivity index (χ0) is 13.9. The average molecular weight is 272 g/mol. The van der Waals surface area contributed by atoms with Crippen molar-refractivity contribution in [2.24, 2.45) is 4.99 Å². The van der Waals surface area contributed by atoms with Crippen molar-refractivity contribution in [2.45, 2.75) is 25.3 Å². The van der Waals surface area contributed by atoms with Crippen LogP contribution >= 0.6 is 0 Å². The lowest BCUT2D eigenvalue weighted by atomic mass is 10.2. The van der Waals surface area contributed by atoms with Crippen molar-refractivity contribution in [3.63, 3.8) is 0 Å². The van der Waals surface area contributed by atoms with Crippen molar-refractivity contribution in [1.29, 1.82) is 0 Å². The normalized spacial score (nSPS) is 17.9. The van der Waals surface area contributed by atoms with Crippen LogP contribution in [0.2, 0.25) is 0 Å². The van der Waals surface area contributed by atoms with Gasteiger partial charge in [-0.3, -0.25) is 9.79 Å². The van der Waals surface area contributed by atoms with Gasteiger partial charge in [-0.25, -0.2) is 0 Å². The van der Waals surface area contributed by atoms with Crippen molar-refractivity contribution < 1.29 is 4.79 Å². The Hall–Kier alpha value is -2.04. The molecule has 106 valence electrons. The second kappa shape index (κ2) is 5.53. The highest BCUT2D eigenvalue weighted by Gasteiger charge is 2.25. The SMILES string of the molecule is CN=C(NCC(=O)NC1CC1)N1CCc2ccccc21. The summed E-state index contributed by atoms with van der Waals surface area (Å²) in [4.78, 5) is 18.2. The molecular formula is C15H20N4O. The Morgan fingerprint density at radius 3 is 2.95 bits per heavy atom. The second-order valence-electron chi connectivity index (χ2n) is 5.27. The van der Waals surface area contributed by atoms with Crippen LogP contribution in [0.25, 0.3) is 0 Å². The van der Waals surface area contributed by atoms with E-state index in [-0.39, 0.29) is 12.5 Å². The minimum absolute atomic E-state index is 0.0427. The van der Waals surface area contributed by atoms with Crippen LogP contribution in [0.15, 0.2) is 29.3 Å². The maximum atomic E-state index is 11.7. The number of rotatable bonds is 3. The Labute approximate surface area is 119 Å². The first-order chi connectivity index (χ1) is 9.78. The summed E-state index contributed by atoms with van der Waals surface area (Å²) in [5, 5.41) is 6.12. The molecule has 0 spiro atoms. The maximum absolute atomic E-state index is 11.7. The molecule has 5 nitrogen and oxygen atoms in total. The molecule has 2 aliphatic rings. The van der Waals surface area contributed by atoms with Crippen LogP contribution < -0.4 is 15.5 Å². The van der Waals surface area contributed by atoms with Gasteiger partial charge >= 0.3 is 0 Å². The number of amides is 1. The monoisotopic (exact) mass is 272 g/mol. The predicted octanol–water partition coefficient (Wildman–Crippen LogP) is 0.903. The third kappa shape index (κ3) is 2.76. The third-order valence-electron chi connectivity index (χ3n) is 3.70. The van der Waals surface area contributed by atoms with Crippen molar-refractivity contribution in [2.75, 3.05) is 25.0 Å². The zero-order valence-corrected chi connectivity index (χ0v) is 11.7. The molecule has 2 N–H and O–H groups in total. The number of carbonyl (C=O) groups is 1. The molecule has 0 bridgehead atoms. The standard InChI is InChI=1S/C15H20N4O/c1-16-15(17-10-14(20)18-12-6-7-12)19-9-8-11-4-2-3-5-13(11)19/h2-5,12H,6-10H2,1H3,(H,16,17)(H,18,20). The van der Waals surface area contributed by atoms with Gasteiger partial charge in [0.2, 0.25) is 5.91 Å². The zero-order valence-electron chi connectivity index (χ0n) is 11.7. The number of anilines is 1. The van der Waals surface area contributed by atoms with E-state index in [1.54, 1.807) is 7.05 Å². The Morgan fingerprint density at radius 2 is 2.20 bits per heavy atom. The van der Waals surface area contributed by atoms with Crippen molar-refractivity contribution >= 4 is 17.6 Å². The molecular weight excluding hydrogens is 252 g/mol. The molecule has 0 unspecified atom stereocenters. The number of para-hydroxylation sites is 1. The van der Waals surface area contributed by atoms with Gasteiger partial charge in [0.1, 0.15) is 0 Å². The van der Waals surface area contributed by atoms with E-state index >= 15 is 0 Å². The minimum atomic E-state index is 0.0427. The van der Waals surface area contributed by atoms with E-state index in [0.717, 1.165) is 31.8 Å². The van der Waals surface area contributed by atoms with Crippen LogP contribution in [0.4, 0.5) is 5.69 Å².